The van der Waals surface area contributed by atoms with Crippen LogP contribution in [0.15, 0.2) is 21.1 Å². The Bertz CT molecular complexity index is 411. The summed E-state index contributed by atoms with van der Waals surface area (Å²) in [5.41, 5.74) is 6.04. The Balaban J connectivity index is 2.80. The topological polar surface area (TPSA) is 64.3 Å². The number of methoxy groups -OCH3 is 1. The van der Waals surface area contributed by atoms with Crippen LogP contribution in [0.3, 0.4) is 0 Å². The van der Waals surface area contributed by atoms with Crippen LogP contribution in [0, 0.1) is 0 Å². The first-order chi connectivity index (χ1) is 8.08. The molecule has 1 amide bonds. The number of carbonyl (C=O) groups excluding carboxylic acids is 1. The number of anilines is 1. The first-order valence-corrected chi connectivity index (χ1v) is 6.70. The number of hydrogen-bond donors (Lipinski definition) is 2. The Morgan fingerprint density at radius 3 is 2.71 bits per heavy atom. The normalized spacial score (nSPS) is 10.1. The van der Waals surface area contributed by atoms with Gasteiger partial charge >= 0.3 is 0 Å². The fourth-order valence-electron chi connectivity index (χ4n) is 1.26. The summed E-state index contributed by atoms with van der Waals surface area (Å²) < 4.78 is 6.79. The smallest absolute Gasteiger partial charge is 0.224 e. The van der Waals surface area contributed by atoms with Crippen molar-refractivity contribution >= 4 is 43.5 Å². The number of rotatable bonds is 5. The highest BCUT2D eigenvalue weighted by Crippen LogP contribution is 2.34. The maximum atomic E-state index is 11.6. The highest BCUT2D eigenvalue weighted by atomic mass is 79.9. The predicted molar refractivity (Wildman–Crippen MR) is 75.3 cm³/mol. The third-order valence-corrected chi connectivity index (χ3v) is 3.40. The molecule has 0 fully saturated rings. The zero-order valence-corrected chi connectivity index (χ0v) is 12.6. The van der Waals surface area contributed by atoms with Crippen LogP contribution in [0.2, 0.25) is 0 Å². The quantitative estimate of drug-likeness (QED) is 0.843. The van der Waals surface area contributed by atoms with E-state index in [1.807, 2.05) is 6.07 Å². The lowest BCUT2D eigenvalue weighted by atomic mass is 10.2. The summed E-state index contributed by atoms with van der Waals surface area (Å²) in [6.45, 7) is 0.512. The molecule has 0 aliphatic carbocycles. The van der Waals surface area contributed by atoms with E-state index in [1.165, 1.54) is 0 Å². The zero-order valence-electron chi connectivity index (χ0n) is 9.43. The molecule has 1 aromatic carbocycles. The van der Waals surface area contributed by atoms with E-state index in [2.05, 4.69) is 37.2 Å². The molecule has 0 bridgehead atoms. The molecule has 0 saturated carbocycles. The summed E-state index contributed by atoms with van der Waals surface area (Å²) in [7, 11) is 1.58. The lowest BCUT2D eigenvalue weighted by Gasteiger charge is -2.10. The molecular formula is C11H14Br2N2O2. The Labute approximate surface area is 117 Å². The Morgan fingerprint density at radius 1 is 1.41 bits per heavy atom. The van der Waals surface area contributed by atoms with Gasteiger partial charge in [0, 0.05) is 17.0 Å². The summed E-state index contributed by atoms with van der Waals surface area (Å²) in [4.78, 5) is 11.6. The van der Waals surface area contributed by atoms with Crippen LogP contribution >= 0.6 is 31.9 Å². The summed E-state index contributed by atoms with van der Waals surface area (Å²) in [5.74, 6) is 0.614. The van der Waals surface area contributed by atoms with Gasteiger partial charge < -0.3 is 15.8 Å². The Kier molecular flexibility index (Phi) is 5.94. The van der Waals surface area contributed by atoms with E-state index < -0.39 is 0 Å². The lowest BCUT2D eigenvalue weighted by Crippen LogP contribution is -2.13. The van der Waals surface area contributed by atoms with Crippen molar-refractivity contribution in [3.63, 3.8) is 0 Å². The molecule has 94 valence electrons. The van der Waals surface area contributed by atoms with Crippen LogP contribution in [0.25, 0.3) is 0 Å². The summed E-state index contributed by atoms with van der Waals surface area (Å²) >= 11 is 6.75. The van der Waals surface area contributed by atoms with Crippen molar-refractivity contribution in [1.82, 2.24) is 0 Å². The van der Waals surface area contributed by atoms with E-state index in [0.29, 0.717) is 30.8 Å². The lowest BCUT2D eigenvalue weighted by molar-refractivity contribution is -0.116. The van der Waals surface area contributed by atoms with E-state index in [-0.39, 0.29) is 5.91 Å². The minimum absolute atomic E-state index is 0.0551. The van der Waals surface area contributed by atoms with Crippen molar-refractivity contribution in [2.24, 2.45) is 5.73 Å². The van der Waals surface area contributed by atoms with Crippen LogP contribution < -0.4 is 15.8 Å². The van der Waals surface area contributed by atoms with Crippen molar-refractivity contribution < 1.29 is 9.53 Å². The second-order valence-corrected chi connectivity index (χ2v) is 5.12. The van der Waals surface area contributed by atoms with Gasteiger partial charge in [0.1, 0.15) is 5.75 Å². The van der Waals surface area contributed by atoms with Crippen molar-refractivity contribution in [3.8, 4) is 5.75 Å². The standard InChI is InChI=1S/C11H14Br2N2O2/c1-17-10-6-9(7(12)5-8(10)13)15-11(16)3-2-4-14/h5-6H,2-4,14H2,1H3,(H,15,16). The third kappa shape index (κ3) is 4.29. The highest BCUT2D eigenvalue weighted by molar-refractivity contribution is 9.11. The van der Waals surface area contributed by atoms with Crippen molar-refractivity contribution in [3.05, 3.63) is 21.1 Å². The summed E-state index contributed by atoms with van der Waals surface area (Å²) in [6, 6.07) is 3.59. The largest absolute Gasteiger partial charge is 0.495 e. The summed E-state index contributed by atoms with van der Waals surface area (Å²) in [6.07, 6.45) is 1.10. The van der Waals surface area contributed by atoms with Gasteiger partial charge in [0.05, 0.1) is 17.3 Å². The zero-order chi connectivity index (χ0) is 12.8. The highest BCUT2D eigenvalue weighted by Gasteiger charge is 2.09. The van der Waals surface area contributed by atoms with Crippen LogP contribution in [-0.4, -0.2) is 19.6 Å². The molecule has 0 spiro atoms. The van der Waals surface area contributed by atoms with Crippen LogP contribution in [-0.2, 0) is 4.79 Å². The number of nitrogens with two attached hydrogens (primary N) is 1. The first-order valence-electron chi connectivity index (χ1n) is 5.11. The van der Waals surface area contributed by atoms with Crippen molar-refractivity contribution in [2.45, 2.75) is 12.8 Å². The molecule has 4 nitrogen and oxygen atoms in total. The van der Waals surface area contributed by atoms with Crippen molar-refractivity contribution in [1.29, 1.82) is 0 Å². The molecule has 1 aromatic rings. The summed E-state index contributed by atoms with van der Waals surface area (Å²) in [5, 5.41) is 2.80. The number of ether oxygens (including phenoxy) is 1. The second kappa shape index (κ2) is 6.98. The predicted octanol–water partition coefficient (Wildman–Crippen LogP) is 2.90. The fraction of sp³-hybridized carbons (Fsp3) is 0.364. The maximum absolute atomic E-state index is 11.6. The van der Waals surface area contributed by atoms with Gasteiger partial charge in [-0.1, -0.05) is 0 Å². The van der Waals surface area contributed by atoms with E-state index in [0.717, 1.165) is 8.95 Å². The number of amides is 1. The van der Waals surface area contributed by atoms with Gasteiger partial charge in [-0.15, -0.1) is 0 Å². The van der Waals surface area contributed by atoms with Gasteiger partial charge in [-0.05, 0) is 50.9 Å². The van der Waals surface area contributed by atoms with E-state index in [1.54, 1.807) is 13.2 Å². The van der Waals surface area contributed by atoms with E-state index in [9.17, 15) is 4.79 Å². The van der Waals surface area contributed by atoms with Gasteiger partial charge in [-0.25, -0.2) is 0 Å². The molecule has 0 aliphatic rings. The molecule has 0 saturated heterocycles. The number of benzene rings is 1. The molecule has 0 radical (unpaired) electrons. The molecule has 1 rings (SSSR count). The van der Waals surface area contributed by atoms with Gasteiger partial charge in [0.25, 0.3) is 0 Å². The van der Waals surface area contributed by atoms with Gasteiger partial charge in [0.2, 0.25) is 5.91 Å². The average molecular weight is 366 g/mol. The molecule has 3 N–H and O–H groups in total. The van der Waals surface area contributed by atoms with Gasteiger partial charge in [0.15, 0.2) is 0 Å². The minimum Gasteiger partial charge on any atom is -0.495 e. The van der Waals surface area contributed by atoms with E-state index in [4.69, 9.17) is 10.5 Å². The number of carbonyl (C=O) groups is 1. The number of nitrogens with one attached hydrogen (secondary N) is 1. The Morgan fingerprint density at radius 2 is 2.12 bits per heavy atom. The fourth-order valence-corrected chi connectivity index (χ4v) is 2.51. The monoisotopic (exact) mass is 364 g/mol. The molecule has 17 heavy (non-hydrogen) atoms. The van der Waals surface area contributed by atoms with Gasteiger partial charge in [-0.3, -0.25) is 4.79 Å². The third-order valence-electron chi connectivity index (χ3n) is 2.12. The second-order valence-electron chi connectivity index (χ2n) is 3.41. The average Bonchev–Trinajstić information content (AvgIpc) is 2.30. The van der Waals surface area contributed by atoms with Crippen LogP contribution in [0.5, 0.6) is 5.75 Å². The molecule has 0 aromatic heterocycles. The number of hydrogen-bond acceptors (Lipinski definition) is 3. The number of halogens is 2. The SMILES string of the molecule is COc1cc(NC(=O)CCCN)c(Br)cc1Br. The molecular weight excluding hydrogens is 352 g/mol. The Hall–Kier alpha value is -0.590. The first kappa shape index (κ1) is 14.5. The molecule has 0 aliphatic heterocycles. The van der Waals surface area contributed by atoms with Crippen LogP contribution in [0.4, 0.5) is 5.69 Å². The van der Waals surface area contributed by atoms with Crippen LogP contribution in [0.1, 0.15) is 12.8 Å². The molecule has 6 heteroatoms. The van der Waals surface area contributed by atoms with Gasteiger partial charge in [-0.2, -0.15) is 0 Å². The minimum atomic E-state index is -0.0551. The molecule has 0 atom stereocenters. The maximum Gasteiger partial charge on any atom is 0.224 e. The molecule has 0 unspecified atom stereocenters. The molecule has 0 heterocycles. The van der Waals surface area contributed by atoms with Crippen molar-refractivity contribution in [2.75, 3.05) is 19.0 Å². The van der Waals surface area contributed by atoms with E-state index >= 15 is 0 Å².